The van der Waals surface area contributed by atoms with E-state index in [2.05, 4.69) is 15.6 Å². The lowest BCUT2D eigenvalue weighted by Crippen LogP contribution is -2.17. The van der Waals surface area contributed by atoms with Gasteiger partial charge in [0.15, 0.2) is 5.13 Å². The van der Waals surface area contributed by atoms with Crippen LogP contribution in [0.4, 0.5) is 9.52 Å². The van der Waals surface area contributed by atoms with Gasteiger partial charge in [-0.15, -0.1) is 22.9 Å². The van der Waals surface area contributed by atoms with E-state index in [9.17, 15) is 14.0 Å². The van der Waals surface area contributed by atoms with Gasteiger partial charge in [-0.2, -0.15) is 0 Å². The van der Waals surface area contributed by atoms with Gasteiger partial charge in [0.05, 0.1) is 10.6 Å². The quantitative estimate of drug-likeness (QED) is 0.265. The Bertz CT molecular complexity index is 1220. The molecule has 5 nitrogen and oxygen atoms in total. The Balaban J connectivity index is 1.50. The molecule has 0 unspecified atom stereocenters. The van der Waals surface area contributed by atoms with Gasteiger partial charge >= 0.3 is 0 Å². The third-order valence-electron chi connectivity index (χ3n) is 4.47. The zero-order valence-electron chi connectivity index (χ0n) is 16.4. The number of hydrogen-bond acceptors (Lipinski definition) is 6. The minimum Gasteiger partial charge on any atom is -0.307 e. The third-order valence-corrected chi connectivity index (χ3v) is 6.85. The van der Waals surface area contributed by atoms with Crippen LogP contribution in [0.15, 0.2) is 53.4 Å². The molecule has 0 saturated carbocycles. The standard InChI is InChI=1S/C22H15ClFN3O2S3/c23-10-9-16-18(13-5-7-15(24)8-6-13)25-21(31-16)26-19(28)14-3-1-12(2-4-14)11-17-20(29)27-22(30)32-17/h1-8,11H,9-10H2,(H,25,26,28)(H,27,29,30)/b17-11-. The molecule has 2 N–H and O–H groups in total. The first-order chi connectivity index (χ1) is 15.4. The van der Waals surface area contributed by atoms with Crippen molar-refractivity contribution in [2.45, 2.75) is 6.42 Å². The van der Waals surface area contributed by atoms with Crippen molar-refractivity contribution in [3.63, 3.8) is 0 Å². The number of thiocarbonyl (C=S) groups is 1. The number of alkyl halides is 1. The second-order valence-electron chi connectivity index (χ2n) is 6.67. The highest BCUT2D eigenvalue weighted by Gasteiger charge is 2.22. The summed E-state index contributed by atoms with van der Waals surface area (Å²) in [4.78, 5) is 30.4. The van der Waals surface area contributed by atoms with Crippen LogP contribution in [0.5, 0.6) is 0 Å². The molecule has 0 bridgehead atoms. The number of aromatic nitrogens is 1. The molecule has 1 saturated heterocycles. The third kappa shape index (κ3) is 5.24. The Hall–Kier alpha value is -2.59. The predicted octanol–water partition coefficient (Wildman–Crippen LogP) is 5.47. The molecule has 32 heavy (non-hydrogen) atoms. The normalized spacial score (nSPS) is 14.6. The number of anilines is 1. The summed E-state index contributed by atoms with van der Waals surface area (Å²) in [6.45, 7) is 0. The number of carbonyl (C=O) groups excluding carboxylic acids is 2. The van der Waals surface area contributed by atoms with Crippen molar-refractivity contribution in [1.82, 2.24) is 10.3 Å². The highest BCUT2D eigenvalue weighted by molar-refractivity contribution is 8.26. The Morgan fingerprint density at radius 3 is 2.53 bits per heavy atom. The molecule has 4 rings (SSSR count). The fourth-order valence-corrected chi connectivity index (χ4v) is 5.29. The molecule has 10 heteroatoms. The van der Waals surface area contributed by atoms with E-state index in [1.807, 2.05) is 0 Å². The second kappa shape index (κ2) is 9.91. The van der Waals surface area contributed by atoms with Crippen LogP contribution in [-0.2, 0) is 11.2 Å². The van der Waals surface area contributed by atoms with Gasteiger partial charge in [-0.25, -0.2) is 9.37 Å². The van der Waals surface area contributed by atoms with Crippen LogP contribution in [0.3, 0.4) is 0 Å². The number of rotatable bonds is 6. The van der Waals surface area contributed by atoms with E-state index in [1.165, 1.54) is 35.2 Å². The molecule has 0 atom stereocenters. The van der Waals surface area contributed by atoms with E-state index in [0.717, 1.165) is 16.0 Å². The highest BCUT2D eigenvalue weighted by Crippen LogP contribution is 2.32. The first-order valence-electron chi connectivity index (χ1n) is 9.41. The summed E-state index contributed by atoms with van der Waals surface area (Å²) in [6.07, 6.45) is 2.30. The van der Waals surface area contributed by atoms with Crippen molar-refractivity contribution in [2.24, 2.45) is 0 Å². The molecular formula is C22H15ClFN3O2S3. The van der Waals surface area contributed by atoms with Gasteiger partial charge < -0.3 is 5.32 Å². The van der Waals surface area contributed by atoms with Gasteiger partial charge in [0.25, 0.3) is 11.8 Å². The van der Waals surface area contributed by atoms with Crippen molar-refractivity contribution < 1.29 is 14.0 Å². The molecule has 2 amide bonds. The van der Waals surface area contributed by atoms with E-state index >= 15 is 0 Å². The van der Waals surface area contributed by atoms with Crippen LogP contribution in [0.25, 0.3) is 17.3 Å². The summed E-state index contributed by atoms with van der Waals surface area (Å²) in [5, 5.41) is 5.82. The molecule has 1 fully saturated rings. The van der Waals surface area contributed by atoms with Crippen LogP contribution in [-0.4, -0.2) is 27.0 Å². The van der Waals surface area contributed by atoms with Gasteiger partial charge in [0.2, 0.25) is 0 Å². The molecule has 2 aromatic carbocycles. The maximum Gasteiger partial charge on any atom is 0.263 e. The second-order valence-corrected chi connectivity index (χ2v) is 9.85. The smallest absolute Gasteiger partial charge is 0.263 e. The van der Waals surface area contributed by atoms with Crippen LogP contribution in [0.1, 0.15) is 20.8 Å². The Labute approximate surface area is 202 Å². The average molecular weight is 504 g/mol. The lowest BCUT2D eigenvalue weighted by molar-refractivity contribution is -0.115. The fraction of sp³-hybridized carbons (Fsp3) is 0.0909. The Morgan fingerprint density at radius 1 is 1.19 bits per heavy atom. The number of amides is 2. The molecular weight excluding hydrogens is 489 g/mol. The molecule has 0 spiro atoms. The van der Waals surface area contributed by atoms with E-state index < -0.39 is 0 Å². The molecule has 0 radical (unpaired) electrons. The molecule has 1 aromatic heterocycles. The number of thiazole rings is 1. The fourth-order valence-electron chi connectivity index (χ4n) is 2.97. The van der Waals surface area contributed by atoms with E-state index in [0.29, 0.717) is 37.9 Å². The van der Waals surface area contributed by atoms with Gasteiger partial charge in [0.1, 0.15) is 10.1 Å². The van der Waals surface area contributed by atoms with Gasteiger partial charge in [-0.1, -0.05) is 36.1 Å². The van der Waals surface area contributed by atoms with Crippen LogP contribution < -0.4 is 10.6 Å². The SMILES string of the molecule is O=C1NC(=S)S/C1=C\c1ccc(C(=O)Nc2nc(-c3ccc(F)cc3)c(CCCl)s2)cc1. The number of benzene rings is 2. The van der Waals surface area contributed by atoms with Crippen LogP contribution in [0.2, 0.25) is 0 Å². The molecule has 1 aliphatic heterocycles. The zero-order valence-corrected chi connectivity index (χ0v) is 19.6. The van der Waals surface area contributed by atoms with Gasteiger partial charge in [-0.3, -0.25) is 14.9 Å². The molecule has 2 heterocycles. The first-order valence-corrected chi connectivity index (χ1v) is 12.0. The number of thioether (sulfide) groups is 1. The van der Waals surface area contributed by atoms with Crippen molar-refractivity contribution in [3.05, 3.63) is 75.3 Å². The summed E-state index contributed by atoms with van der Waals surface area (Å²) in [5.74, 6) is -0.460. The first kappa shape index (κ1) is 22.6. The van der Waals surface area contributed by atoms with Crippen molar-refractivity contribution >= 4 is 74.3 Å². The molecule has 0 aliphatic carbocycles. The van der Waals surface area contributed by atoms with E-state index in [-0.39, 0.29) is 17.6 Å². The van der Waals surface area contributed by atoms with Gasteiger partial charge in [-0.05, 0) is 54.5 Å². The highest BCUT2D eigenvalue weighted by atomic mass is 35.5. The van der Waals surface area contributed by atoms with Crippen molar-refractivity contribution in [1.29, 1.82) is 0 Å². The minimum absolute atomic E-state index is 0.227. The van der Waals surface area contributed by atoms with Crippen LogP contribution >= 0.6 is 46.9 Å². The number of nitrogens with zero attached hydrogens (tertiary/aromatic N) is 1. The summed E-state index contributed by atoms with van der Waals surface area (Å²) < 4.78 is 13.7. The van der Waals surface area contributed by atoms with Gasteiger partial charge in [0, 0.05) is 21.9 Å². The summed E-state index contributed by atoms with van der Waals surface area (Å²) in [5.41, 5.74) is 2.66. The Kier molecular flexibility index (Phi) is 7.00. The van der Waals surface area contributed by atoms with Crippen molar-refractivity contribution in [2.75, 3.05) is 11.2 Å². The maximum absolute atomic E-state index is 13.3. The molecule has 162 valence electrons. The monoisotopic (exact) mass is 503 g/mol. The largest absolute Gasteiger partial charge is 0.307 e. The van der Waals surface area contributed by atoms with E-state index in [1.54, 1.807) is 42.5 Å². The minimum atomic E-state index is -0.328. The zero-order chi connectivity index (χ0) is 22.7. The van der Waals surface area contributed by atoms with E-state index in [4.69, 9.17) is 23.8 Å². The number of hydrogen-bond donors (Lipinski definition) is 2. The van der Waals surface area contributed by atoms with Crippen molar-refractivity contribution in [3.8, 4) is 11.3 Å². The number of carbonyl (C=O) groups is 2. The number of nitrogens with one attached hydrogen (secondary N) is 2. The molecule has 3 aromatic rings. The lowest BCUT2D eigenvalue weighted by atomic mass is 10.1. The number of halogens is 2. The summed E-state index contributed by atoms with van der Waals surface area (Å²) in [7, 11) is 0. The average Bonchev–Trinajstić information content (AvgIpc) is 3.31. The predicted molar refractivity (Wildman–Crippen MR) is 133 cm³/mol. The Morgan fingerprint density at radius 2 is 1.91 bits per heavy atom. The maximum atomic E-state index is 13.3. The summed E-state index contributed by atoms with van der Waals surface area (Å²) in [6, 6.07) is 12.9. The number of aryl methyl sites for hydroxylation is 1. The topological polar surface area (TPSA) is 71.1 Å². The van der Waals surface area contributed by atoms with Crippen LogP contribution in [0, 0.1) is 5.82 Å². The lowest BCUT2D eigenvalue weighted by Gasteiger charge is -2.03. The summed E-state index contributed by atoms with van der Waals surface area (Å²) >= 11 is 13.4. The molecule has 1 aliphatic rings.